The molecule has 1 N–H and O–H groups in total. The maximum atomic E-state index is 14.5. The van der Waals surface area contributed by atoms with Gasteiger partial charge in [0.1, 0.15) is 17.5 Å². The van der Waals surface area contributed by atoms with Crippen LogP contribution in [0.15, 0.2) is 52.5 Å². The van der Waals surface area contributed by atoms with Gasteiger partial charge in [-0.15, -0.1) is 0 Å². The molecule has 3 aromatic rings. The second kappa shape index (κ2) is 8.86. The molecule has 0 saturated carbocycles. The number of amides is 1. The number of rotatable bonds is 4. The maximum Gasteiger partial charge on any atom is 0.266 e. The van der Waals surface area contributed by atoms with Crippen molar-refractivity contribution in [3.8, 4) is 11.8 Å². The van der Waals surface area contributed by atoms with Gasteiger partial charge in [-0.3, -0.25) is 4.79 Å². The molecular weight excluding hydrogens is 469 g/mol. The first-order valence-electron chi connectivity index (χ1n) is 9.05. The molecule has 3 rings (SSSR count). The minimum atomic E-state index is -0.544. The van der Waals surface area contributed by atoms with Crippen LogP contribution in [0.5, 0.6) is 0 Å². The van der Waals surface area contributed by atoms with Gasteiger partial charge in [-0.2, -0.15) is 5.26 Å². The predicted molar refractivity (Wildman–Crippen MR) is 121 cm³/mol. The highest BCUT2D eigenvalue weighted by Crippen LogP contribution is 2.27. The molecule has 0 radical (unpaired) electrons. The lowest BCUT2D eigenvalue weighted by Gasteiger charge is -2.11. The molecule has 7 heteroatoms. The van der Waals surface area contributed by atoms with E-state index in [0.29, 0.717) is 32.1 Å². The Morgan fingerprint density at radius 1 is 1.20 bits per heavy atom. The van der Waals surface area contributed by atoms with Crippen molar-refractivity contribution in [2.75, 3.05) is 5.32 Å². The lowest BCUT2D eigenvalue weighted by molar-refractivity contribution is -0.112. The number of nitrogens with zero attached hydrogens (tertiary/aromatic N) is 2. The van der Waals surface area contributed by atoms with Crippen LogP contribution in [0, 0.1) is 37.9 Å². The average Bonchev–Trinajstić information content (AvgIpc) is 2.96. The van der Waals surface area contributed by atoms with Gasteiger partial charge >= 0.3 is 0 Å². The monoisotopic (exact) mass is 485 g/mol. The number of hydrogen-bond acceptors (Lipinski definition) is 2. The van der Waals surface area contributed by atoms with E-state index in [4.69, 9.17) is 11.6 Å². The van der Waals surface area contributed by atoms with Gasteiger partial charge in [-0.25, -0.2) is 4.39 Å². The predicted octanol–water partition coefficient (Wildman–Crippen LogP) is 6.50. The van der Waals surface area contributed by atoms with Crippen molar-refractivity contribution in [2.45, 2.75) is 20.8 Å². The first kappa shape index (κ1) is 21.8. The molecule has 30 heavy (non-hydrogen) atoms. The number of hydrogen-bond donors (Lipinski definition) is 1. The molecule has 0 aliphatic rings. The van der Waals surface area contributed by atoms with E-state index in [1.165, 1.54) is 12.1 Å². The van der Waals surface area contributed by atoms with Gasteiger partial charge in [-0.1, -0.05) is 33.6 Å². The quantitative estimate of drug-likeness (QED) is 0.338. The number of carbonyl (C=O) groups excluding carboxylic acids is 1. The minimum absolute atomic E-state index is 0.0665. The molecule has 152 valence electrons. The first-order valence-corrected chi connectivity index (χ1v) is 10.2. The fourth-order valence-corrected chi connectivity index (χ4v) is 3.65. The summed E-state index contributed by atoms with van der Waals surface area (Å²) < 4.78 is 16.9. The molecule has 0 saturated heterocycles. The fourth-order valence-electron chi connectivity index (χ4n) is 3.14. The SMILES string of the molecule is Cc1ccc(NC(=O)/C(C#N)=C\c2cc(C)n(-c3ccc(Br)cc3F)c2C)cc1Cl. The number of aromatic nitrogens is 1. The molecule has 4 nitrogen and oxygen atoms in total. The summed E-state index contributed by atoms with van der Waals surface area (Å²) in [5.74, 6) is -0.923. The molecular formula is C23H18BrClFN3O. The molecule has 1 aromatic heterocycles. The molecule has 0 spiro atoms. The highest BCUT2D eigenvalue weighted by molar-refractivity contribution is 9.10. The van der Waals surface area contributed by atoms with E-state index < -0.39 is 5.91 Å². The summed E-state index contributed by atoms with van der Waals surface area (Å²) in [6, 6.07) is 13.7. The smallest absolute Gasteiger partial charge is 0.266 e. The van der Waals surface area contributed by atoms with Crippen LogP contribution in [0.3, 0.4) is 0 Å². The van der Waals surface area contributed by atoms with Gasteiger partial charge in [0.15, 0.2) is 0 Å². The van der Waals surface area contributed by atoms with E-state index in [9.17, 15) is 14.4 Å². The maximum absolute atomic E-state index is 14.5. The van der Waals surface area contributed by atoms with E-state index in [1.807, 2.05) is 32.9 Å². The summed E-state index contributed by atoms with van der Waals surface area (Å²) in [5, 5.41) is 12.7. The third-order valence-electron chi connectivity index (χ3n) is 4.72. The first-order chi connectivity index (χ1) is 14.2. The minimum Gasteiger partial charge on any atom is -0.321 e. The average molecular weight is 487 g/mol. The van der Waals surface area contributed by atoms with Crippen LogP contribution in [0.2, 0.25) is 5.02 Å². The second-order valence-electron chi connectivity index (χ2n) is 6.85. The largest absolute Gasteiger partial charge is 0.321 e. The summed E-state index contributed by atoms with van der Waals surface area (Å²) in [6.07, 6.45) is 1.50. The Kier molecular flexibility index (Phi) is 6.45. The van der Waals surface area contributed by atoms with Crippen molar-refractivity contribution in [1.29, 1.82) is 5.26 Å². The van der Waals surface area contributed by atoms with Crippen LogP contribution < -0.4 is 5.32 Å². The van der Waals surface area contributed by atoms with Gasteiger partial charge in [0, 0.05) is 26.6 Å². The number of halogens is 3. The topological polar surface area (TPSA) is 57.8 Å². The van der Waals surface area contributed by atoms with Crippen molar-refractivity contribution in [3.63, 3.8) is 0 Å². The summed E-state index contributed by atoms with van der Waals surface area (Å²) in [7, 11) is 0. The molecule has 0 unspecified atom stereocenters. The van der Waals surface area contributed by atoms with Crippen LogP contribution in [-0.2, 0) is 4.79 Å². The highest BCUT2D eigenvalue weighted by Gasteiger charge is 2.16. The van der Waals surface area contributed by atoms with Crippen LogP contribution in [-0.4, -0.2) is 10.5 Å². The van der Waals surface area contributed by atoms with E-state index in [2.05, 4.69) is 21.2 Å². The normalized spacial score (nSPS) is 11.3. The highest BCUT2D eigenvalue weighted by atomic mass is 79.9. The molecule has 0 fully saturated rings. The van der Waals surface area contributed by atoms with Crippen LogP contribution >= 0.6 is 27.5 Å². The molecule has 1 heterocycles. The van der Waals surface area contributed by atoms with Crippen molar-refractivity contribution in [1.82, 2.24) is 4.57 Å². The van der Waals surface area contributed by atoms with E-state index in [1.54, 1.807) is 34.9 Å². The summed E-state index contributed by atoms with van der Waals surface area (Å²) in [6.45, 7) is 5.51. The van der Waals surface area contributed by atoms with Crippen molar-refractivity contribution in [2.24, 2.45) is 0 Å². The number of benzene rings is 2. The van der Waals surface area contributed by atoms with Crippen molar-refractivity contribution in [3.05, 3.63) is 85.9 Å². The second-order valence-corrected chi connectivity index (χ2v) is 8.17. The van der Waals surface area contributed by atoms with Crippen molar-refractivity contribution >= 4 is 45.2 Å². The Balaban J connectivity index is 1.95. The number of anilines is 1. The Morgan fingerprint density at radius 2 is 1.93 bits per heavy atom. The molecule has 1 amide bonds. The lowest BCUT2D eigenvalue weighted by atomic mass is 10.1. The third-order valence-corrected chi connectivity index (χ3v) is 5.62. The zero-order chi connectivity index (χ0) is 22.0. The zero-order valence-electron chi connectivity index (χ0n) is 16.6. The van der Waals surface area contributed by atoms with Gasteiger partial charge in [-0.05, 0) is 74.4 Å². The third kappa shape index (κ3) is 4.48. The Morgan fingerprint density at radius 3 is 2.57 bits per heavy atom. The van der Waals surface area contributed by atoms with Gasteiger partial charge < -0.3 is 9.88 Å². The number of aryl methyl sites for hydroxylation is 2. The Bertz CT molecular complexity index is 1220. The van der Waals surface area contributed by atoms with E-state index >= 15 is 0 Å². The number of carbonyl (C=O) groups is 1. The molecule has 2 aromatic carbocycles. The summed E-state index contributed by atoms with van der Waals surface area (Å²) in [5.41, 5.74) is 3.87. The van der Waals surface area contributed by atoms with Gasteiger partial charge in [0.25, 0.3) is 5.91 Å². The zero-order valence-corrected chi connectivity index (χ0v) is 18.9. The number of nitrogens with one attached hydrogen (secondary N) is 1. The van der Waals surface area contributed by atoms with Crippen LogP contribution in [0.4, 0.5) is 10.1 Å². The van der Waals surface area contributed by atoms with Gasteiger partial charge in [0.2, 0.25) is 0 Å². The Labute approximate surface area is 187 Å². The summed E-state index contributed by atoms with van der Waals surface area (Å²) >= 11 is 9.35. The molecule has 0 aliphatic carbocycles. The van der Waals surface area contributed by atoms with Crippen LogP contribution in [0.25, 0.3) is 11.8 Å². The van der Waals surface area contributed by atoms with Crippen LogP contribution in [0.1, 0.15) is 22.5 Å². The fraction of sp³-hybridized carbons (Fsp3) is 0.130. The number of nitriles is 1. The summed E-state index contributed by atoms with van der Waals surface area (Å²) in [4.78, 5) is 12.6. The standard InChI is InChI=1S/C23H18BrClFN3O/c1-13-4-6-19(11-20(13)25)28-23(30)17(12-27)9-16-8-14(2)29(15(16)3)22-7-5-18(24)10-21(22)26/h4-11H,1-3H3,(H,28,30)/b17-9-. The molecule has 0 aliphatic heterocycles. The van der Waals surface area contributed by atoms with E-state index in [-0.39, 0.29) is 11.4 Å². The lowest BCUT2D eigenvalue weighted by Crippen LogP contribution is -2.13. The van der Waals surface area contributed by atoms with E-state index in [0.717, 1.165) is 11.3 Å². The van der Waals surface area contributed by atoms with Gasteiger partial charge in [0.05, 0.1) is 5.69 Å². The Hall–Kier alpha value is -2.88. The molecule has 0 bridgehead atoms. The van der Waals surface area contributed by atoms with Crippen molar-refractivity contribution < 1.29 is 9.18 Å². The molecule has 0 atom stereocenters.